The Labute approximate surface area is 80.9 Å². The standard InChI is InChI=1S/C9H9N3O2/c1-6(11-12-10)7-2-3-8-9(4-7)14-5-13-8/h2-4,6H,5H2,1H3/t6-/m0/s1. The zero-order valence-electron chi connectivity index (χ0n) is 7.67. The normalized spacial score (nSPS) is 14.6. The van der Waals surface area contributed by atoms with E-state index in [0.717, 1.165) is 11.3 Å². The summed E-state index contributed by atoms with van der Waals surface area (Å²) >= 11 is 0. The molecule has 0 saturated heterocycles. The highest BCUT2D eigenvalue weighted by Gasteiger charge is 2.14. The molecule has 0 bridgehead atoms. The lowest BCUT2D eigenvalue weighted by Gasteiger charge is -2.05. The number of benzene rings is 1. The molecule has 1 atom stereocenters. The number of rotatable bonds is 2. The molecule has 0 aromatic heterocycles. The van der Waals surface area contributed by atoms with E-state index in [1.807, 2.05) is 25.1 Å². The second-order valence-corrected chi connectivity index (χ2v) is 2.99. The number of ether oxygens (including phenoxy) is 2. The molecule has 0 unspecified atom stereocenters. The lowest BCUT2D eigenvalue weighted by molar-refractivity contribution is 0.174. The highest BCUT2D eigenvalue weighted by molar-refractivity contribution is 5.45. The Hall–Kier alpha value is -1.87. The Morgan fingerprint density at radius 3 is 3.00 bits per heavy atom. The van der Waals surface area contributed by atoms with Crippen molar-refractivity contribution in [3.63, 3.8) is 0 Å². The predicted molar refractivity (Wildman–Crippen MR) is 50.1 cm³/mol. The van der Waals surface area contributed by atoms with Crippen molar-refractivity contribution in [2.24, 2.45) is 5.11 Å². The summed E-state index contributed by atoms with van der Waals surface area (Å²) in [6, 6.07) is 5.34. The van der Waals surface area contributed by atoms with Gasteiger partial charge in [0.25, 0.3) is 0 Å². The van der Waals surface area contributed by atoms with Crippen LogP contribution in [0.15, 0.2) is 23.3 Å². The Morgan fingerprint density at radius 2 is 2.21 bits per heavy atom. The van der Waals surface area contributed by atoms with Gasteiger partial charge in [0.15, 0.2) is 11.5 Å². The summed E-state index contributed by atoms with van der Waals surface area (Å²) in [6.07, 6.45) is 0. The van der Waals surface area contributed by atoms with Crippen LogP contribution in [0.1, 0.15) is 18.5 Å². The lowest BCUT2D eigenvalue weighted by Crippen LogP contribution is -1.93. The minimum atomic E-state index is -0.186. The molecule has 14 heavy (non-hydrogen) atoms. The average Bonchev–Trinajstić information content (AvgIpc) is 2.64. The van der Waals surface area contributed by atoms with Crippen LogP contribution in [-0.2, 0) is 0 Å². The summed E-state index contributed by atoms with van der Waals surface area (Å²) in [5.41, 5.74) is 9.22. The van der Waals surface area contributed by atoms with Crippen LogP contribution in [-0.4, -0.2) is 6.79 Å². The van der Waals surface area contributed by atoms with Crippen LogP contribution in [0.5, 0.6) is 11.5 Å². The summed E-state index contributed by atoms with van der Waals surface area (Å²) in [5.74, 6) is 1.45. The quantitative estimate of drug-likeness (QED) is 0.409. The molecule has 0 aliphatic carbocycles. The molecule has 0 saturated carbocycles. The third kappa shape index (κ3) is 1.45. The van der Waals surface area contributed by atoms with Gasteiger partial charge in [0.2, 0.25) is 6.79 Å². The Kier molecular flexibility index (Phi) is 2.16. The third-order valence-corrected chi connectivity index (χ3v) is 2.10. The van der Waals surface area contributed by atoms with Crippen LogP contribution in [0.25, 0.3) is 10.4 Å². The first kappa shape index (κ1) is 8.72. The van der Waals surface area contributed by atoms with Gasteiger partial charge in [0.05, 0.1) is 6.04 Å². The number of hydrogen-bond donors (Lipinski definition) is 0. The number of azide groups is 1. The summed E-state index contributed by atoms with van der Waals surface area (Å²) in [4.78, 5) is 2.76. The van der Waals surface area contributed by atoms with E-state index in [0.29, 0.717) is 5.75 Å². The van der Waals surface area contributed by atoms with Gasteiger partial charge in [-0.3, -0.25) is 0 Å². The Morgan fingerprint density at radius 1 is 1.43 bits per heavy atom. The van der Waals surface area contributed by atoms with Crippen LogP contribution in [0, 0.1) is 0 Å². The molecule has 1 aliphatic heterocycles. The number of nitrogens with zero attached hydrogens (tertiary/aromatic N) is 3. The predicted octanol–water partition coefficient (Wildman–Crippen LogP) is 2.79. The first-order valence-electron chi connectivity index (χ1n) is 4.25. The second kappa shape index (κ2) is 3.47. The van der Waals surface area contributed by atoms with Crippen molar-refractivity contribution in [2.75, 3.05) is 6.79 Å². The van der Waals surface area contributed by atoms with Gasteiger partial charge in [-0.05, 0) is 23.2 Å². The maximum absolute atomic E-state index is 8.29. The first-order chi connectivity index (χ1) is 6.81. The molecular formula is C9H9N3O2. The van der Waals surface area contributed by atoms with Crippen LogP contribution in [0.4, 0.5) is 0 Å². The molecule has 0 amide bonds. The van der Waals surface area contributed by atoms with Crippen molar-refractivity contribution in [3.05, 3.63) is 34.2 Å². The summed E-state index contributed by atoms with van der Waals surface area (Å²) < 4.78 is 10.4. The molecule has 72 valence electrons. The highest BCUT2D eigenvalue weighted by atomic mass is 16.7. The highest BCUT2D eigenvalue weighted by Crippen LogP contribution is 2.34. The first-order valence-corrected chi connectivity index (χ1v) is 4.25. The van der Waals surface area contributed by atoms with Gasteiger partial charge < -0.3 is 9.47 Å². The average molecular weight is 191 g/mol. The minimum Gasteiger partial charge on any atom is -0.454 e. The minimum absolute atomic E-state index is 0.186. The number of hydrogen-bond acceptors (Lipinski definition) is 3. The van der Waals surface area contributed by atoms with Crippen LogP contribution in [0.2, 0.25) is 0 Å². The smallest absolute Gasteiger partial charge is 0.231 e. The molecule has 1 heterocycles. The second-order valence-electron chi connectivity index (χ2n) is 2.99. The fourth-order valence-electron chi connectivity index (χ4n) is 1.32. The van der Waals surface area contributed by atoms with Crippen LogP contribution < -0.4 is 9.47 Å². The largest absolute Gasteiger partial charge is 0.454 e. The molecule has 0 spiro atoms. The maximum Gasteiger partial charge on any atom is 0.231 e. The Bertz CT molecular complexity index is 399. The van der Waals surface area contributed by atoms with E-state index >= 15 is 0 Å². The topological polar surface area (TPSA) is 67.2 Å². The molecule has 0 fully saturated rings. The Balaban J connectivity index is 2.32. The zero-order valence-corrected chi connectivity index (χ0v) is 7.67. The molecule has 5 nitrogen and oxygen atoms in total. The molecule has 1 aromatic rings. The monoisotopic (exact) mass is 191 g/mol. The van der Waals surface area contributed by atoms with Crippen molar-refractivity contribution < 1.29 is 9.47 Å². The van der Waals surface area contributed by atoms with Gasteiger partial charge in [-0.1, -0.05) is 18.1 Å². The van der Waals surface area contributed by atoms with Gasteiger partial charge in [-0.25, -0.2) is 0 Å². The SMILES string of the molecule is C[C@H](N=[N+]=[N-])c1ccc2c(c1)OCO2. The fraction of sp³-hybridized carbons (Fsp3) is 0.333. The van der Waals surface area contributed by atoms with E-state index in [-0.39, 0.29) is 12.8 Å². The number of fused-ring (bicyclic) bond motifs is 1. The lowest BCUT2D eigenvalue weighted by atomic mass is 10.1. The molecule has 0 radical (unpaired) electrons. The van der Waals surface area contributed by atoms with E-state index in [9.17, 15) is 0 Å². The summed E-state index contributed by atoms with van der Waals surface area (Å²) in [6.45, 7) is 2.09. The molecule has 0 N–H and O–H groups in total. The summed E-state index contributed by atoms with van der Waals surface area (Å²) in [7, 11) is 0. The van der Waals surface area contributed by atoms with Crippen molar-refractivity contribution in [3.8, 4) is 11.5 Å². The molecule has 1 aromatic carbocycles. The van der Waals surface area contributed by atoms with Crippen LogP contribution in [0.3, 0.4) is 0 Å². The zero-order chi connectivity index (χ0) is 9.97. The summed E-state index contributed by atoms with van der Waals surface area (Å²) in [5, 5.41) is 3.60. The van der Waals surface area contributed by atoms with Crippen molar-refractivity contribution in [2.45, 2.75) is 13.0 Å². The molecule has 2 rings (SSSR count). The fourth-order valence-corrected chi connectivity index (χ4v) is 1.32. The van der Waals surface area contributed by atoms with Crippen LogP contribution >= 0.6 is 0 Å². The van der Waals surface area contributed by atoms with Crippen molar-refractivity contribution in [1.82, 2.24) is 0 Å². The van der Waals surface area contributed by atoms with E-state index in [2.05, 4.69) is 10.0 Å². The van der Waals surface area contributed by atoms with Crippen molar-refractivity contribution >= 4 is 0 Å². The molecule has 1 aliphatic rings. The van der Waals surface area contributed by atoms with Gasteiger partial charge in [-0.2, -0.15) is 0 Å². The van der Waals surface area contributed by atoms with E-state index < -0.39 is 0 Å². The van der Waals surface area contributed by atoms with Gasteiger partial charge >= 0.3 is 0 Å². The van der Waals surface area contributed by atoms with Gasteiger partial charge in [-0.15, -0.1) is 0 Å². The van der Waals surface area contributed by atoms with E-state index in [4.69, 9.17) is 15.0 Å². The maximum atomic E-state index is 8.29. The third-order valence-electron chi connectivity index (χ3n) is 2.10. The van der Waals surface area contributed by atoms with E-state index in [1.165, 1.54) is 0 Å². The van der Waals surface area contributed by atoms with E-state index in [1.54, 1.807) is 0 Å². The van der Waals surface area contributed by atoms with Gasteiger partial charge in [0.1, 0.15) is 0 Å². The molecular weight excluding hydrogens is 182 g/mol. The molecule has 5 heteroatoms. The van der Waals surface area contributed by atoms with Gasteiger partial charge in [0, 0.05) is 4.91 Å². The van der Waals surface area contributed by atoms with Crippen molar-refractivity contribution in [1.29, 1.82) is 0 Å².